The third-order valence-electron chi connectivity index (χ3n) is 4.90. The Morgan fingerprint density at radius 3 is 2.70 bits per heavy atom. The first-order valence-corrected chi connectivity index (χ1v) is 8.79. The second kappa shape index (κ2) is 7.16. The van der Waals surface area contributed by atoms with Crippen LogP contribution >= 0.6 is 0 Å². The maximum Gasteiger partial charge on any atom is 0.0948 e. The van der Waals surface area contributed by atoms with Crippen LogP contribution in [0.5, 0.6) is 0 Å². The van der Waals surface area contributed by atoms with E-state index in [4.69, 9.17) is 4.74 Å². The van der Waals surface area contributed by atoms with Crippen LogP contribution in [0.15, 0.2) is 18.3 Å². The minimum Gasteiger partial charge on any atom is -0.387 e. The standard InChI is InChI=1S/C18H29N3O2/c1-15(2)17-5-4-16(12-19-17)21-7-3-6-18(22,14-21)13-20-8-10-23-11-9-20/h4-5,12,15,22H,3,6-11,13-14H2,1-2H3/t18-/m0/s1. The van der Waals surface area contributed by atoms with E-state index in [0.29, 0.717) is 12.5 Å². The fourth-order valence-electron chi connectivity index (χ4n) is 3.56. The van der Waals surface area contributed by atoms with Gasteiger partial charge in [0.15, 0.2) is 0 Å². The van der Waals surface area contributed by atoms with Gasteiger partial charge in [-0.3, -0.25) is 9.88 Å². The predicted molar refractivity (Wildman–Crippen MR) is 92.0 cm³/mol. The van der Waals surface area contributed by atoms with Crippen LogP contribution in [0, 0.1) is 0 Å². The van der Waals surface area contributed by atoms with Gasteiger partial charge in [0.1, 0.15) is 0 Å². The Kier molecular flexibility index (Phi) is 5.19. The average molecular weight is 319 g/mol. The number of aliphatic hydroxyl groups is 1. The molecule has 2 aliphatic heterocycles. The van der Waals surface area contributed by atoms with Gasteiger partial charge in [0.05, 0.1) is 30.7 Å². The van der Waals surface area contributed by atoms with Crippen LogP contribution in [-0.4, -0.2) is 66.5 Å². The summed E-state index contributed by atoms with van der Waals surface area (Å²) < 4.78 is 5.40. The minimum absolute atomic E-state index is 0.448. The molecule has 3 rings (SSSR count). The third-order valence-corrected chi connectivity index (χ3v) is 4.90. The van der Waals surface area contributed by atoms with Crippen LogP contribution in [0.2, 0.25) is 0 Å². The maximum atomic E-state index is 11.1. The van der Waals surface area contributed by atoms with E-state index in [1.807, 2.05) is 6.20 Å². The number of ether oxygens (including phenoxy) is 1. The summed E-state index contributed by atoms with van der Waals surface area (Å²) in [5.41, 5.74) is 1.61. The number of nitrogens with zero attached hydrogens (tertiary/aromatic N) is 3. The molecule has 1 atom stereocenters. The van der Waals surface area contributed by atoms with Gasteiger partial charge < -0.3 is 14.7 Å². The van der Waals surface area contributed by atoms with E-state index in [-0.39, 0.29) is 0 Å². The normalized spacial score (nSPS) is 26.7. The van der Waals surface area contributed by atoms with Crippen molar-refractivity contribution in [2.75, 3.05) is 50.8 Å². The highest BCUT2D eigenvalue weighted by Gasteiger charge is 2.35. The van der Waals surface area contributed by atoms with E-state index < -0.39 is 5.60 Å². The molecule has 0 radical (unpaired) electrons. The molecule has 0 aliphatic carbocycles. The molecule has 0 amide bonds. The van der Waals surface area contributed by atoms with Crippen molar-refractivity contribution in [1.82, 2.24) is 9.88 Å². The summed E-state index contributed by atoms with van der Waals surface area (Å²) in [4.78, 5) is 9.17. The number of hydrogen-bond acceptors (Lipinski definition) is 5. The average Bonchev–Trinajstić information content (AvgIpc) is 2.55. The van der Waals surface area contributed by atoms with E-state index in [1.165, 1.54) is 0 Å². The molecule has 0 saturated carbocycles. The van der Waals surface area contributed by atoms with E-state index in [0.717, 1.165) is 63.6 Å². The molecular formula is C18H29N3O2. The number of β-amino-alcohol motifs (C(OH)–C–C–N with tert-alkyl or cyclic N) is 1. The second-order valence-electron chi connectivity index (χ2n) is 7.23. The first-order chi connectivity index (χ1) is 11.1. The first kappa shape index (κ1) is 16.7. The number of piperidine rings is 1. The van der Waals surface area contributed by atoms with Crippen molar-refractivity contribution in [2.24, 2.45) is 0 Å². The van der Waals surface area contributed by atoms with Crippen molar-refractivity contribution in [3.63, 3.8) is 0 Å². The molecule has 5 nitrogen and oxygen atoms in total. The zero-order chi connectivity index (χ0) is 16.3. The number of aromatic nitrogens is 1. The van der Waals surface area contributed by atoms with Gasteiger partial charge >= 0.3 is 0 Å². The van der Waals surface area contributed by atoms with Crippen molar-refractivity contribution in [1.29, 1.82) is 0 Å². The minimum atomic E-state index is -0.633. The smallest absolute Gasteiger partial charge is 0.0948 e. The lowest BCUT2D eigenvalue weighted by Gasteiger charge is -2.43. The van der Waals surface area contributed by atoms with Crippen LogP contribution in [0.4, 0.5) is 5.69 Å². The molecule has 1 N–H and O–H groups in total. The van der Waals surface area contributed by atoms with Crippen LogP contribution in [0.25, 0.3) is 0 Å². The monoisotopic (exact) mass is 319 g/mol. The Morgan fingerprint density at radius 2 is 2.04 bits per heavy atom. The van der Waals surface area contributed by atoms with Gasteiger partial charge in [-0.1, -0.05) is 13.8 Å². The summed E-state index contributed by atoms with van der Waals surface area (Å²) in [7, 11) is 0. The Bertz CT molecular complexity index is 499. The number of anilines is 1. The van der Waals surface area contributed by atoms with E-state index in [1.54, 1.807) is 0 Å². The molecular weight excluding hydrogens is 290 g/mol. The Hall–Kier alpha value is -1.17. The van der Waals surface area contributed by atoms with Crippen molar-refractivity contribution in [3.8, 4) is 0 Å². The molecule has 128 valence electrons. The van der Waals surface area contributed by atoms with E-state index in [9.17, 15) is 5.11 Å². The van der Waals surface area contributed by atoms with Crippen molar-refractivity contribution < 1.29 is 9.84 Å². The van der Waals surface area contributed by atoms with Crippen LogP contribution < -0.4 is 4.90 Å². The number of morpholine rings is 1. The lowest BCUT2D eigenvalue weighted by molar-refractivity contribution is -0.0382. The number of hydrogen-bond donors (Lipinski definition) is 1. The quantitative estimate of drug-likeness (QED) is 0.918. The highest BCUT2D eigenvalue weighted by Crippen LogP contribution is 2.27. The molecule has 0 aromatic carbocycles. The van der Waals surface area contributed by atoms with Crippen LogP contribution in [-0.2, 0) is 4.74 Å². The Balaban J connectivity index is 1.64. The molecule has 3 heterocycles. The van der Waals surface area contributed by atoms with Gasteiger partial charge in [-0.15, -0.1) is 0 Å². The molecule has 0 unspecified atom stereocenters. The largest absolute Gasteiger partial charge is 0.387 e. The first-order valence-electron chi connectivity index (χ1n) is 8.79. The number of rotatable bonds is 4. The lowest BCUT2D eigenvalue weighted by atomic mass is 9.91. The highest BCUT2D eigenvalue weighted by molar-refractivity contribution is 5.46. The molecule has 2 aliphatic rings. The Labute approximate surface area is 139 Å². The summed E-state index contributed by atoms with van der Waals surface area (Å²) in [6, 6.07) is 4.25. The second-order valence-corrected chi connectivity index (χ2v) is 7.23. The van der Waals surface area contributed by atoms with Crippen molar-refractivity contribution in [3.05, 3.63) is 24.0 Å². The van der Waals surface area contributed by atoms with Gasteiger partial charge in [0.25, 0.3) is 0 Å². The van der Waals surface area contributed by atoms with Crippen LogP contribution in [0.3, 0.4) is 0 Å². The molecule has 23 heavy (non-hydrogen) atoms. The van der Waals surface area contributed by atoms with Gasteiger partial charge in [-0.2, -0.15) is 0 Å². The summed E-state index contributed by atoms with van der Waals surface area (Å²) in [6.45, 7) is 10.1. The topological polar surface area (TPSA) is 48.8 Å². The lowest BCUT2D eigenvalue weighted by Crippen LogP contribution is -2.56. The molecule has 1 aromatic rings. The summed E-state index contributed by atoms with van der Waals surface area (Å²) in [6.07, 6.45) is 3.85. The van der Waals surface area contributed by atoms with Gasteiger partial charge in [-0.25, -0.2) is 0 Å². The van der Waals surface area contributed by atoms with Crippen LogP contribution in [0.1, 0.15) is 38.3 Å². The zero-order valence-electron chi connectivity index (χ0n) is 14.4. The molecule has 0 bridgehead atoms. The zero-order valence-corrected chi connectivity index (χ0v) is 14.4. The van der Waals surface area contributed by atoms with Gasteiger partial charge in [0, 0.05) is 38.4 Å². The SMILES string of the molecule is CC(C)c1ccc(N2CCC[C@](O)(CN3CCOCC3)C2)cn1. The fraction of sp³-hybridized carbons (Fsp3) is 0.722. The van der Waals surface area contributed by atoms with E-state index in [2.05, 4.69) is 40.8 Å². The molecule has 5 heteroatoms. The molecule has 2 saturated heterocycles. The summed E-state index contributed by atoms with van der Waals surface area (Å²) in [5.74, 6) is 0.448. The van der Waals surface area contributed by atoms with Crippen molar-refractivity contribution >= 4 is 5.69 Å². The van der Waals surface area contributed by atoms with Crippen molar-refractivity contribution in [2.45, 2.75) is 38.2 Å². The number of pyridine rings is 1. The molecule has 2 fully saturated rings. The summed E-state index contributed by atoms with van der Waals surface area (Å²) in [5, 5.41) is 11.1. The summed E-state index contributed by atoms with van der Waals surface area (Å²) >= 11 is 0. The molecule has 0 spiro atoms. The van der Waals surface area contributed by atoms with E-state index >= 15 is 0 Å². The third kappa shape index (κ3) is 4.22. The van der Waals surface area contributed by atoms with Gasteiger partial charge in [-0.05, 0) is 30.9 Å². The fourth-order valence-corrected chi connectivity index (χ4v) is 3.56. The Morgan fingerprint density at radius 1 is 1.26 bits per heavy atom. The molecule has 1 aromatic heterocycles. The maximum absolute atomic E-state index is 11.1. The predicted octanol–water partition coefficient (Wildman–Crippen LogP) is 1.87. The van der Waals surface area contributed by atoms with Gasteiger partial charge in [0.2, 0.25) is 0 Å². The highest BCUT2D eigenvalue weighted by atomic mass is 16.5.